The van der Waals surface area contributed by atoms with Crippen LogP contribution in [0.5, 0.6) is 0 Å². The van der Waals surface area contributed by atoms with Gasteiger partial charge in [0.05, 0.1) is 23.2 Å². The van der Waals surface area contributed by atoms with Crippen LogP contribution in [0.1, 0.15) is 11.4 Å². The van der Waals surface area contributed by atoms with Crippen molar-refractivity contribution >= 4 is 32.5 Å². The lowest BCUT2D eigenvalue weighted by atomic mass is 10.1. The molecule has 0 aliphatic rings. The maximum Gasteiger partial charge on any atom is 0.408 e. The number of fused-ring (bicyclic) bond motifs is 1. The number of halogens is 5. The molecule has 2 aromatic carbocycles. The molecule has 146 valence electrons. The van der Waals surface area contributed by atoms with E-state index in [1.54, 1.807) is 0 Å². The molecule has 4 rings (SSSR count). The summed E-state index contributed by atoms with van der Waals surface area (Å²) >= 11 is 3.08. The maximum atomic E-state index is 13.4. The zero-order valence-electron chi connectivity index (χ0n) is 14.3. The van der Waals surface area contributed by atoms with Gasteiger partial charge in [-0.15, -0.1) is 0 Å². The second-order valence-electron chi connectivity index (χ2n) is 6.09. The van der Waals surface area contributed by atoms with E-state index in [-0.39, 0.29) is 28.1 Å². The van der Waals surface area contributed by atoms with Crippen molar-refractivity contribution in [3.8, 4) is 11.5 Å². The third kappa shape index (κ3) is 3.49. The number of hydrogen-bond acceptors (Lipinski definition) is 3. The van der Waals surface area contributed by atoms with Crippen molar-refractivity contribution in [1.82, 2.24) is 14.7 Å². The van der Waals surface area contributed by atoms with E-state index in [0.29, 0.717) is 11.1 Å². The van der Waals surface area contributed by atoms with Crippen LogP contribution >= 0.6 is 15.9 Å². The van der Waals surface area contributed by atoms with E-state index < -0.39 is 23.2 Å². The Morgan fingerprint density at radius 2 is 1.97 bits per heavy atom. The first-order chi connectivity index (χ1) is 13.8. The summed E-state index contributed by atoms with van der Waals surface area (Å²) in [5, 5.41) is 3.77. The van der Waals surface area contributed by atoms with Crippen LogP contribution in [0.4, 0.5) is 23.2 Å². The first-order valence-electron chi connectivity index (χ1n) is 8.12. The summed E-state index contributed by atoms with van der Waals surface area (Å²) in [6.07, 6.45) is -3.18. The molecule has 0 bridgehead atoms. The van der Waals surface area contributed by atoms with Crippen molar-refractivity contribution in [3.05, 3.63) is 75.7 Å². The average Bonchev–Trinajstić information content (AvgIpc) is 3.30. The van der Waals surface area contributed by atoms with Crippen LogP contribution < -0.4 is 0 Å². The van der Waals surface area contributed by atoms with Crippen LogP contribution in [-0.2, 0) is 12.7 Å². The number of rotatable bonds is 3. The summed E-state index contributed by atoms with van der Waals surface area (Å²) in [6, 6.07) is 8.12. The standard InChI is InChI=1S/C19H9BrF4N4O/c1-25-14-4-5-15-11(17(14)19(22,23)24)6-7-28(15)9-16-26-18(29-27-16)10-2-3-13(21)12(20)8-10/h2-8H,9H2. The Balaban J connectivity index is 1.70. The fourth-order valence-electron chi connectivity index (χ4n) is 3.01. The quantitative estimate of drug-likeness (QED) is 0.267. The topological polar surface area (TPSA) is 48.2 Å². The lowest BCUT2D eigenvalue weighted by Crippen LogP contribution is -2.06. The molecule has 0 saturated carbocycles. The molecule has 2 heterocycles. The van der Waals surface area contributed by atoms with Gasteiger partial charge in [0.25, 0.3) is 5.89 Å². The van der Waals surface area contributed by atoms with Gasteiger partial charge in [0.15, 0.2) is 11.5 Å². The molecular weight excluding hydrogens is 456 g/mol. The number of benzene rings is 2. The van der Waals surface area contributed by atoms with Crippen molar-refractivity contribution in [2.75, 3.05) is 0 Å². The van der Waals surface area contributed by atoms with Gasteiger partial charge < -0.3 is 9.09 Å². The molecule has 4 aromatic rings. The van der Waals surface area contributed by atoms with Gasteiger partial charge >= 0.3 is 6.18 Å². The lowest BCUT2D eigenvalue weighted by Gasteiger charge is -2.11. The molecule has 0 N–H and O–H groups in total. The minimum atomic E-state index is -4.65. The molecule has 0 unspecified atom stereocenters. The predicted molar refractivity (Wildman–Crippen MR) is 99.7 cm³/mol. The smallest absolute Gasteiger partial charge is 0.340 e. The molecule has 29 heavy (non-hydrogen) atoms. The molecule has 5 nitrogen and oxygen atoms in total. The van der Waals surface area contributed by atoms with Crippen LogP contribution in [0.25, 0.3) is 27.2 Å². The van der Waals surface area contributed by atoms with Gasteiger partial charge in [-0.2, -0.15) is 18.2 Å². The van der Waals surface area contributed by atoms with E-state index in [1.165, 1.54) is 41.1 Å². The fourth-order valence-corrected chi connectivity index (χ4v) is 3.39. The summed E-state index contributed by atoms with van der Waals surface area (Å²) < 4.78 is 60.6. The monoisotopic (exact) mass is 464 g/mol. The summed E-state index contributed by atoms with van der Waals surface area (Å²) in [4.78, 5) is 7.21. The molecule has 2 aromatic heterocycles. The van der Waals surface area contributed by atoms with E-state index in [9.17, 15) is 17.6 Å². The van der Waals surface area contributed by atoms with Gasteiger partial charge in [-0.25, -0.2) is 9.24 Å². The Morgan fingerprint density at radius 3 is 2.66 bits per heavy atom. The van der Waals surface area contributed by atoms with Crippen LogP contribution in [-0.4, -0.2) is 14.7 Å². The second-order valence-corrected chi connectivity index (χ2v) is 6.94. The average molecular weight is 465 g/mol. The molecule has 0 radical (unpaired) electrons. The molecular formula is C19H9BrF4N4O. The van der Waals surface area contributed by atoms with Crippen LogP contribution in [0.2, 0.25) is 0 Å². The van der Waals surface area contributed by atoms with E-state index in [4.69, 9.17) is 11.1 Å². The van der Waals surface area contributed by atoms with Crippen LogP contribution in [0.3, 0.4) is 0 Å². The van der Waals surface area contributed by atoms with Crippen molar-refractivity contribution in [3.63, 3.8) is 0 Å². The third-order valence-electron chi connectivity index (χ3n) is 4.28. The molecule has 0 fully saturated rings. The molecule has 0 aliphatic carbocycles. The van der Waals surface area contributed by atoms with Gasteiger partial charge in [-0.1, -0.05) is 11.2 Å². The molecule has 10 heteroatoms. The normalized spacial score (nSPS) is 11.7. The zero-order valence-corrected chi connectivity index (χ0v) is 15.9. The van der Waals surface area contributed by atoms with Crippen molar-refractivity contribution in [1.29, 1.82) is 0 Å². The summed E-state index contributed by atoms with van der Waals surface area (Å²) in [5.74, 6) is -0.0456. The predicted octanol–water partition coefficient (Wildman–Crippen LogP) is 6.21. The molecule has 0 spiro atoms. The van der Waals surface area contributed by atoms with Gasteiger partial charge in [0.1, 0.15) is 5.82 Å². The summed E-state index contributed by atoms with van der Waals surface area (Å²) in [7, 11) is 0. The SMILES string of the molecule is [C-]#[N+]c1ccc2c(ccn2Cc2noc(-c3ccc(F)c(Br)c3)n2)c1C(F)(F)F. The highest BCUT2D eigenvalue weighted by Gasteiger charge is 2.36. The molecule has 0 amide bonds. The Labute approximate surface area is 169 Å². The number of aromatic nitrogens is 3. The van der Waals surface area contributed by atoms with E-state index >= 15 is 0 Å². The Morgan fingerprint density at radius 1 is 1.17 bits per heavy atom. The Kier molecular flexibility index (Phi) is 4.62. The highest BCUT2D eigenvalue weighted by atomic mass is 79.9. The van der Waals surface area contributed by atoms with Crippen molar-refractivity contribution < 1.29 is 22.1 Å². The zero-order chi connectivity index (χ0) is 20.8. The van der Waals surface area contributed by atoms with Crippen LogP contribution in [0.15, 0.2) is 51.6 Å². The minimum absolute atomic E-state index is 0.0595. The van der Waals surface area contributed by atoms with Crippen molar-refractivity contribution in [2.45, 2.75) is 12.7 Å². The number of hydrogen-bond donors (Lipinski definition) is 0. The first-order valence-corrected chi connectivity index (χ1v) is 8.91. The lowest BCUT2D eigenvalue weighted by molar-refractivity contribution is -0.135. The fraction of sp³-hybridized carbons (Fsp3) is 0.105. The number of alkyl halides is 3. The van der Waals surface area contributed by atoms with E-state index in [0.717, 1.165) is 6.07 Å². The van der Waals surface area contributed by atoms with E-state index in [1.807, 2.05) is 0 Å². The van der Waals surface area contributed by atoms with Crippen molar-refractivity contribution in [2.24, 2.45) is 0 Å². The summed E-state index contributed by atoms with van der Waals surface area (Å²) in [5.41, 5.74) is -0.628. The third-order valence-corrected chi connectivity index (χ3v) is 4.89. The van der Waals surface area contributed by atoms with Gasteiger partial charge in [0.2, 0.25) is 0 Å². The molecule has 0 saturated heterocycles. The highest BCUT2D eigenvalue weighted by molar-refractivity contribution is 9.10. The van der Waals surface area contributed by atoms with Gasteiger partial charge in [-0.3, -0.25) is 0 Å². The number of nitrogens with zero attached hydrogens (tertiary/aromatic N) is 4. The molecule has 0 aliphatic heterocycles. The Bertz CT molecular complexity index is 1270. The van der Waals surface area contributed by atoms with E-state index in [2.05, 4.69) is 30.9 Å². The Hall–Kier alpha value is -3.19. The largest absolute Gasteiger partial charge is 0.408 e. The maximum absolute atomic E-state index is 13.4. The van der Waals surface area contributed by atoms with Gasteiger partial charge in [-0.05, 0) is 46.3 Å². The minimum Gasteiger partial charge on any atom is -0.340 e. The first kappa shape index (κ1) is 19.1. The van der Waals surface area contributed by atoms with Gasteiger partial charge in [0, 0.05) is 22.7 Å². The molecule has 0 atom stereocenters. The van der Waals surface area contributed by atoms with Crippen LogP contribution in [0, 0.1) is 12.4 Å². The summed E-state index contributed by atoms with van der Waals surface area (Å²) in [6.45, 7) is 7.06. The highest BCUT2D eigenvalue weighted by Crippen LogP contribution is 2.41. The second kappa shape index (κ2) is 7.00.